The summed E-state index contributed by atoms with van der Waals surface area (Å²) in [7, 11) is 4.07. The van der Waals surface area contributed by atoms with Crippen molar-refractivity contribution >= 4 is 35.5 Å². The number of imidazole rings is 2. The van der Waals surface area contributed by atoms with Crippen molar-refractivity contribution in [3.8, 4) is 22.5 Å². The van der Waals surface area contributed by atoms with Crippen molar-refractivity contribution in [2.45, 2.75) is 0 Å². The molecule has 7 rings (SSSR count). The quantitative estimate of drug-likeness (QED) is 0.144. The van der Waals surface area contributed by atoms with Gasteiger partial charge in [0.05, 0.1) is 38.9 Å². The van der Waals surface area contributed by atoms with Crippen molar-refractivity contribution in [3.63, 3.8) is 0 Å². The molecular weight excluding hydrogens is 600 g/mol. The fourth-order valence-corrected chi connectivity index (χ4v) is 5.64. The summed E-state index contributed by atoms with van der Waals surface area (Å²) < 4.78 is 8.43. The Kier molecular flexibility index (Phi) is 8.11. The van der Waals surface area contributed by atoms with E-state index in [-0.39, 0.29) is 0 Å². The van der Waals surface area contributed by atoms with Crippen LogP contribution >= 0.6 is 0 Å². The maximum Gasteiger partial charge on any atom is 0.286 e. The van der Waals surface area contributed by atoms with Gasteiger partial charge in [0.15, 0.2) is 11.4 Å². The van der Waals surface area contributed by atoms with Crippen LogP contribution in [0.2, 0.25) is 0 Å². The van der Waals surface area contributed by atoms with Crippen molar-refractivity contribution < 1.29 is 18.7 Å². The third kappa shape index (κ3) is 6.10. The third-order valence-corrected chi connectivity index (χ3v) is 8.23. The fraction of sp³-hybridized carbons (Fsp3) is 0.0526. The Morgan fingerprint density at radius 3 is 1.44 bits per heavy atom. The summed E-state index contributed by atoms with van der Waals surface area (Å²) >= 11 is 0. The summed E-state index contributed by atoms with van der Waals surface area (Å²) in [6, 6.07) is 34.4. The van der Waals surface area contributed by atoms with Crippen LogP contribution in [-0.2, 0) is 14.1 Å². The van der Waals surface area contributed by atoms with Gasteiger partial charge < -0.3 is 0 Å². The molecule has 10 heteroatoms. The number of aryl methyl sites for hydroxylation is 2. The zero-order valence-electron chi connectivity index (χ0n) is 26.4. The lowest BCUT2D eigenvalue weighted by Crippen LogP contribution is -2.29. The molecule has 4 aromatic heterocycles. The van der Waals surface area contributed by atoms with Gasteiger partial charge >= 0.3 is 0 Å². The SMILES string of the molecule is C[n+]1c(-c2ccc(/C=N\NC(=O)c3cccc(C(=O)N/N=C/c4ccc(-c5cn6ccccc6[n+]5C)cc4)c3)cc2)cn2ccccc21. The van der Waals surface area contributed by atoms with Gasteiger partial charge in [-0.15, -0.1) is 0 Å². The van der Waals surface area contributed by atoms with E-state index in [4.69, 9.17) is 0 Å². The number of benzene rings is 3. The summed E-state index contributed by atoms with van der Waals surface area (Å²) in [5.41, 5.74) is 13.8. The van der Waals surface area contributed by atoms with Crippen LogP contribution in [0.15, 0.2) is 144 Å². The molecule has 0 aliphatic carbocycles. The van der Waals surface area contributed by atoms with E-state index < -0.39 is 11.8 Å². The molecule has 4 heterocycles. The molecule has 3 aromatic carbocycles. The van der Waals surface area contributed by atoms with Crippen LogP contribution in [0.1, 0.15) is 31.8 Å². The molecular formula is C38H32N8O2+2. The Balaban J connectivity index is 0.940. The molecule has 0 saturated heterocycles. The Morgan fingerprint density at radius 2 is 1.02 bits per heavy atom. The Bertz CT molecular complexity index is 2190. The summed E-state index contributed by atoms with van der Waals surface area (Å²) in [5, 5.41) is 8.22. The van der Waals surface area contributed by atoms with E-state index in [9.17, 15) is 9.59 Å². The second kappa shape index (κ2) is 13.0. The maximum atomic E-state index is 12.8. The first-order chi connectivity index (χ1) is 23.4. The number of fused-ring (bicyclic) bond motifs is 2. The average molecular weight is 633 g/mol. The molecule has 0 unspecified atom stereocenters. The minimum absolute atomic E-state index is 0.300. The minimum atomic E-state index is -0.432. The lowest BCUT2D eigenvalue weighted by molar-refractivity contribution is -0.633. The molecule has 2 N–H and O–H groups in total. The second-order valence-corrected chi connectivity index (χ2v) is 11.3. The summed E-state index contributed by atoms with van der Waals surface area (Å²) in [6.45, 7) is 0. The Labute approximate surface area is 276 Å². The van der Waals surface area contributed by atoms with E-state index in [0.29, 0.717) is 11.1 Å². The predicted molar refractivity (Wildman–Crippen MR) is 185 cm³/mol. The molecule has 0 radical (unpaired) electrons. The van der Waals surface area contributed by atoms with Gasteiger partial charge in [-0.2, -0.15) is 10.2 Å². The summed E-state index contributed by atoms with van der Waals surface area (Å²) in [6.07, 6.45) is 11.4. The van der Waals surface area contributed by atoms with E-state index in [2.05, 4.69) is 63.5 Å². The highest BCUT2D eigenvalue weighted by Crippen LogP contribution is 2.19. The van der Waals surface area contributed by atoms with Crippen molar-refractivity contribution in [3.05, 3.63) is 156 Å². The monoisotopic (exact) mass is 632 g/mol. The van der Waals surface area contributed by atoms with E-state index in [0.717, 1.165) is 44.9 Å². The molecule has 7 aromatic rings. The number of amides is 2. The fourth-order valence-electron chi connectivity index (χ4n) is 5.64. The molecule has 0 atom stereocenters. The lowest BCUT2D eigenvalue weighted by Gasteiger charge is -2.04. The standard InChI is InChI=1S/C38H30N8O2/c1-43-33(25-45-20-5-3-10-35(43)45)29-16-12-27(13-17-29)23-39-41-37(47)31-8-7-9-32(22-31)38(48)42-40-24-28-14-18-30(19-15-28)34-26-46-21-6-4-11-36(46)44(34)2/h3-26H,1-2H3/p+2/b39-23-,40-24+. The normalized spacial score (nSPS) is 11.5. The van der Waals surface area contributed by atoms with Crippen LogP contribution in [0.4, 0.5) is 0 Å². The molecule has 2 amide bonds. The number of hydrogen-bond acceptors (Lipinski definition) is 4. The number of nitrogens with zero attached hydrogens (tertiary/aromatic N) is 6. The zero-order valence-corrected chi connectivity index (χ0v) is 26.4. The molecule has 0 aliphatic rings. The Hall–Kier alpha value is -6.68. The molecule has 48 heavy (non-hydrogen) atoms. The van der Waals surface area contributed by atoms with E-state index in [1.807, 2.05) is 99.3 Å². The smallest absolute Gasteiger partial charge is 0.267 e. The van der Waals surface area contributed by atoms with Crippen molar-refractivity contribution in [1.82, 2.24) is 19.7 Å². The van der Waals surface area contributed by atoms with Gasteiger partial charge in [-0.1, -0.05) is 42.5 Å². The summed E-state index contributed by atoms with van der Waals surface area (Å²) in [5.74, 6) is -0.865. The number of hydrazone groups is 2. The molecule has 0 spiro atoms. The number of carbonyl (C=O) groups is 2. The van der Waals surface area contributed by atoms with Crippen LogP contribution in [0.5, 0.6) is 0 Å². The van der Waals surface area contributed by atoms with Crippen molar-refractivity contribution in [2.75, 3.05) is 0 Å². The molecule has 0 saturated carbocycles. The minimum Gasteiger partial charge on any atom is -0.267 e. The van der Waals surface area contributed by atoms with Gasteiger partial charge in [0, 0.05) is 34.4 Å². The zero-order chi connectivity index (χ0) is 33.0. The van der Waals surface area contributed by atoms with Crippen LogP contribution in [0, 0.1) is 0 Å². The molecule has 0 fully saturated rings. The van der Waals surface area contributed by atoms with Gasteiger partial charge in [0.25, 0.3) is 23.1 Å². The van der Waals surface area contributed by atoms with Gasteiger partial charge in [-0.05, 0) is 65.7 Å². The highest BCUT2D eigenvalue weighted by atomic mass is 16.2. The number of hydrogen-bond donors (Lipinski definition) is 2. The first-order valence-corrected chi connectivity index (χ1v) is 15.3. The van der Waals surface area contributed by atoms with Gasteiger partial charge in [0.2, 0.25) is 0 Å². The van der Waals surface area contributed by atoms with Gasteiger partial charge in [-0.3, -0.25) is 9.59 Å². The molecule has 234 valence electrons. The van der Waals surface area contributed by atoms with E-state index in [1.54, 1.807) is 30.6 Å². The Morgan fingerprint density at radius 1 is 0.583 bits per heavy atom. The lowest BCUT2D eigenvalue weighted by atomic mass is 10.1. The van der Waals surface area contributed by atoms with Crippen LogP contribution in [0.25, 0.3) is 33.8 Å². The largest absolute Gasteiger partial charge is 0.286 e. The number of pyridine rings is 2. The van der Waals surface area contributed by atoms with Crippen molar-refractivity contribution in [2.24, 2.45) is 24.3 Å². The van der Waals surface area contributed by atoms with Gasteiger partial charge in [0.1, 0.15) is 12.4 Å². The maximum absolute atomic E-state index is 12.8. The number of aromatic nitrogens is 4. The van der Waals surface area contributed by atoms with Crippen LogP contribution in [-0.4, -0.2) is 33.0 Å². The number of carbonyl (C=O) groups excluding carboxylic acids is 2. The molecule has 0 aliphatic heterocycles. The number of rotatable bonds is 8. The van der Waals surface area contributed by atoms with E-state index in [1.165, 1.54) is 6.07 Å². The van der Waals surface area contributed by atoms with Gasteiger partial charge in [-0.25, -0.2) is 28.8 Å². The van der Waals surface area contributed by atoms with Crippen molar-refractivity contribution in [1.29, 1.82) is 0 Å². The first kappa shape index (κ1) is 30.0. The third-order valence-electron chi connectivity index (χ3n) is 8.23. The highest BCUT2D eigenvalue weighted by Gasteiger charge is 2.16. The second-order valence-electron chi connectivity index (χ2n) is 11.3. The number of nitrogens with one attached hydrogen (secondary N) is 2. The average Bonchev–Trinajstić information content (AvgIpc) is 3.65. The highest BCUT2D eigenvalue weighted by molar-refractivity contribution is 6.00. The molecule has 10 nitrogen and oxygen atoms in total. The van der Waals surface area contributed by atoms with Crippen LogP contribution < -0.4 is 20.0 Å². The topological polar surface area (TPSA) is 99.5 Å². The predicted octanol–water partition coefficient (Wildman–Crippen LogP) is 4.70. The summed E-state index contributed by atoms with van der Waals surface area (Å²) in [4.78, 5) is 25.6. The molecule has 0 bridgehead atoms. The van der Waals surface area contributed by atoms with Crippen LogP contribution in [0.3, 0.4) is 0 Å². The van der Waals surface area contributed by atoms with E-state index >= 15 is 0 Å². The first-order valence-electron chi connectivity index (χ1n) is 15.3.